The van der Waals surface area contributed by atoms with Crippen molar-refractivity contribution in [1.82, 2.24) is 0 Å². The van der Waals surface area contributed by atoms with Gasteiger partial charge in [0.15, 0.2) is 0 Å². The Hall–Kier alpha value is 0.540. The number of hydrogen-bond donors (Lipinski definition) is 0. The van der Waals surface area contributed by atoms with Crippen molar-refractivity contribution in [2.45, 2.75) is 23.6 Å². The predicted molar refractivity (Wildman–Crippen MR) is 39.3 cm³/mol. The molecule has 0 spiro atoms. The van der Waals surface area contributed by atoms with Crippen LogP contribution in [0.3, 0.4) is 0 Å². The first kappa shape index (κ1) is 7.64. The molecule has 0 aromatic heterocycles. The Morgan fingerprint density at radius 1 is 1.67 bits per heavy atom. The van der Waals surface area contributed by atoms with Gasteiger partial charge >= 0.3 is 0 Å². The molecule has 2 unspecified atom stereocenters. The largest absolute Gasteiger partial charge is 0.380 e. The third kappa shape index (κ3) is 1.73. The van der Waals surface area contributed by atoms with Crippen LogP contribution >= 0.6 is 23.2 Å². The van der Waals surface area contributed by atoms with E-state index in [1.165, 1.54) is 0 Å². The van der Waals surface area contributed by atoms with Gasteiger partial charge in [-0.2, -0.15) is 0 Å². The normalized spacial score (nSPS) is 45.0. The van der Waals surface area contributed by atoms with E-state index in [1.54, 1.807) is 0 Å². The third-order valence-corrected chi connectivity index (χ3v) is 2.82. The Morgan fingerprint density at radius 3 is 2.67 bits per heavy atom. The Kier molecular flexibility index (Phi) is 2.25. The zero-order chi connectivity index (χ0) is 6.91. The molecule has 0 amide bonds. The third-order valence-electron chi connectivity index (χ3n) is 1.65. The van der Waals surface area contributed by atoms with Crippen LogP contribution in [0, 0.1) is 0 Å². The molecule has 1 nitrogen and oxygen atoms in total. The molecule has 0 radical (unpaired) electrons. The molecule has 1 heterocycles. The van der Waals surface area contributed by atoms with Crippen molar-refractivity contribution in [1.29, 1.82) is 0 Å². The first-order valence-electron chi connectivity index (χ1n) is 3.04. The maximum atomic E-state index is 6.01. The van der Waals surface area contributed by atoms with Crippen molar-refractivity contribution in [3.8, 4) is 0 Å². The maximum Gasteiger partial charge on any atom is 0.0759 e. The Balaban J connectivity index is 2.49. The summed E-state index contributed by atoms with van der Waals surface area (Å²) in [5.74, 6) is 0. The van der Waals surface area contributed by atoms with E-state index in [2.05, 4.69) is 0 Å². The molecule has 54 valence electrons. The van der Waals surface area contributed by atoms with Gasteiger partial charge in [0.1, 0.15) is 0 Å². The lowest BCUT2D eigenvalue weighted by Gasteiger charge is -2.31. The van der Waals surface area contributed by atoms with E-state index in [1.807, 2.05) is 6.92 Å². The minimum atomic E-state index is -0.250. The zero-order valence-electron chi connectivity index (χ0n) is 5.36. The number of halogens is 2. The van der Waals surface area contributed by atoms with Crippen LogP contribution in [0.1, 0.15) is 13.3 Å². The van der Waals surface area contributed by atoms with Crippen molar-refractivity contribution in [2.24, 2.45) is 0 Å². The number of hydrogen-bond acceptors (Lipinski definition) is 1. The van der Waals surface area contributed by atoms with E-state index in [-0.39, 0.29) is 10.3 Å². The van der Waals surface area contributed by atoms with Crippen molar-refractivity contribution < 1.29 is 4.74 Å². The zero-order valence-corrected chi connectivity index (χ0v) is 6.87. The molecule has 1 aliphatic rings. The van der Waals surface area contributed by atoms with Gasteiger partial charge in [0.25, 0.3) is 0 Å². The van der Waals surface area contributed by atoms with Crippen LogP contribution < -0.4 is 0 Å². The SMILES string of the molecule is CC1(Cl)CCOCC1Cl. The summed E-state index contributed by atoms with van der Waals surface area (Å²) in [6, 6.07) is 0. The monoisotopic (exact) mass is 168 g/mol. The van der Waals surface area contributed by atoms with Crippen LogP contribution in [0.15, 0.2) is 0 Å². The minimum Gasteiger partial charge on any atom is -0.380 e. The van der Waals surface area contributed by atoms with Crippen LogP contribution in [0.2, 0.25) is 0 Å². The van der Waals surface area contributed by atoms with Gasteiger partial charge in [-0.05, 0) is 13.3 Å². The average Bonchev–Trinajstić information content (AvgIpc) is 1.77. The summed E-state index contributed by atoms with van der Waals surface area (Å²) < 4.78 is 5.10. The molecule has 1 rings (SSSR count). The first-order chi connectivity index (χ1) is 4.13. The van der Waals surface area contributed by atoms with Gasteiger partial charge in [-0.3, -0.25) is 0 Å². The van der Waals surface area contributed by atoms with E-state index >= 15 is 0 Å². The van der Waals surface area contributed by atoms with Gasteiger partial charge in [0.05, 0.1) is 16.9 Å². The summed E-state index contributed by atoms with van der Waals surface area (Å²) in [6.07, 6.45) is 0.850. The summed E-state index contributed by atoms with van der Waals surface area (Å²) in [6.45, 7) is 3.28. The second-order valence-corrected chi connectivity index (χ2v) is 3.96. The van der Waals surface area contributed by atoms with E-state index in [9.17, 15) is 0 Å². The standard InChI is InChI=1S/C6H10Cl2O/c1-6(8)2-3-9-4-5(6)7/h5H,2-4H2,1H3. The highest BCUT2D eigenvalue weighted by molar-refractivity contribution is 6.32. The molecule has 0 N–H and O–H groups in total. The van der Waals surface area contributed by atoms with Gasteiger partial charge in [0, 0.05) is 6.61 Å². The van der Waals surface area contributed by atoms with Crippen molar-refractivity contribution >= 4 is 23.2 Å². The molecule has 1 saturated heterocycles. The Labute approximate surface area is 65.3 Å². The molecular weight excluding hydrogens is 159 g/mol. The van der Waals surface area contributed by atoms with Gasteiger partial charge < -0.3 is 4.74 Å². The fourth-order valence-corrected chi connectivity index (χ4v) is 1.13. The molecule has 2 atom stereocenters. The fourth-order valence-electron chi connectivity index (χ4n) is 0.789. The lowest BCUT2D eigenvalue weighted by molar-refractivity contribution is 0.0830. The highest BCUT2D eigenvalue weighted by atomic mass is 35.5. The molecule has 0 bridgehead atoms. The fraction of sp³-hybridized carbons (Fsp3) is 1.00. The van der Waals surface area contributed by atoms with Crippen molar-refractivity contribution in [3.05, 3.63) is 0 Å². The molecule has 1 aliphatic heterocycles. The summed E-state index contributed by atoms with van der Waals surface area (Å²) in [5, 5.41) is -0.0343. The first-order valence-corrected chi connectivity index (χ1v) is 3.85. The molecular formula is C6H10Cl2O. The summed E-state index contributed by atoms with van der Waals surface area (Å²) in [5.41, 5.74) is 0. The quantitative estimate of drug-likeness (QED) is 0.504. The second-order valence-electron chi connectivity index (χ2n) is 2.57. The molecule has 0 aliphatic carbocycles. The van der Waals surface area contributed by atoms with Crippen LogP contribution in [0.4, 0.5) is 0 Å². The number of ether oxygens (including phenoxy) is 1. The minimum absolute atomic E-state index is 0.0343. The highest BCUT2D eigenvalue weighted by Gasteiger charge is 2.33. The lowest BCUT2D eigenvalue weighted by atomic mass is 10.0. The summed E-state index contributed by atoms with van der Waals surface area (Å²) in [4.78, 5) is -0.250. The molecule has 3 heteroatoms. The average molecular weight is 169 g/mol. The van der Waals surface area contributed by atoms with E-state index < -0.39 is 0 Å². The predicted octanol–water partition coefficient (Wildman–Crippen LogP) is 2.01. The smallest absolute Gasteiger partial charge is 0.0759 e. The molecule has 0 aromatic carbocycles. The van der Waals surface area contributed by atoms with E-state index in [4.69, 9.17) is 27.9 Å². The van der Waals surface area contributed by atoms with Gasteiger partial charge in [-0.15, -0.1) is 23.2 Å². The van der Waals surface area contributed by atoms with E-state index in [0.29, 0.717) is 6.61 Å². The van der Waals surface area contributed by atoms with Crippen LogP contribution in [-0.2, 0) is 4.74 Å². The van der Waals surface area contributed by atoms with Gasteiger partial charge in [0.2, 0.25) is 0 Å². The number of rotatable bonds is 0. The second kappa shape index (κ2) is 2.65. The molecule has 0 aromatic rings. The summed E-state index contributed by atoms with van der Waals surface area (Å²) in [7, 11) is 0. The van der Waals surface area contributed by atoms with E-state index in [0.717, 1.165) is 13.0 Å². The maximum absolute atomic E-state index is 6.01. The Bertz CT molecular complexity index is 103. The summed E-state index contributed by atoms with van der Waals surface area (Å²) >= 11 is 11.9. The lowest BCUT2D eigenvalue weighted by Crippen LogP contribution is -2.38. The molecule has 1 fully saturated rings. The molecule has 9 heavy (non-hydrogen) atoms. The highest BCUT2D eigenvalue weighted by Crippen LogP contribution is 2.31. The van der Waals surface area contributed by atoms with Crippen LogP contribution in [-0.4, -0.2) is 23.5 Å². The number of alkyl halides is 2. The molecule has 0 saturated carbocycles. The van der Waals surface area contributed by atoms with Crippen molar-refractivity contribution in [2.75, 3.05) is 13.2 Å². The van der Waals surface area contributed by atoms with Gasteiger partial charge in [-0.25, -0.2) is 0 Å². The van der Waals surface area contributed by atoms with Gasteiger partial charge in [-0.1, -0.05) is 0 Å². The topological polar surface area (TPSA) is 9.23 Å². The van der Waals surface area contributed by atoms with Crippen molar-refractivity contribution in [3.63, 3.8) is 0 Å². The Morgan fingerprint density at radius 2 is 2.33 bits per heavy atom. The van der Waals surface area contributed by atoms with Crippen LogP contribution in [0.5, 0.6) is 0 Å². The van der Waals surface area contributed by atoms with Crippen LogP contribution in [0.25, 0.3) is 0 Å².